The van der Waals surface area contributed by atoms with Crippen LogP contribution in [0, 0.1) is 17.7 Å². The number of rotatable bonds is 5. The molecule has 0 radical (unpaired) electrons. The molecule has 1 N–H and O–H groups in total. The smallest absolute Gasteiger partial charge is 0.125 e. The summed E-state index contributed by atoms with van der Waals surface area (Å²) in [7, 11) is 0. The molecule has 1 heterocycles. The number of thiophene rings is 1. The summed E-state index contributed by atoms with van der Waals surface area (Å²) in [4.78, 5) is 3.31. The fourth-order valence-corrected chi connectivity index (χ4v) is 2.83. The van der Waals surface area contributed by atoms with Gasteiger partial charge in [-0.05, 0) is 31.2 Å². The summed E-state index contributed by atoms with van der Waals surface area (Å²) in [6, 6.07) is 8.71. The number of hydrogen-bond donors (Lipinski definition) is 1. The lowest BCUT2D eigenvalue weighted by atomic mass is 10.2. The van der Waals surface area contributed by atoms with Gasteiger partial charge in [0.1, 0.15) is 5.82 Å². The molecule has 0 aliphatic carbocycles. The summed E-state index contributed by atoms with van der Waals surface area (Å²) in [5, 5.41) is 10.7. The van der Waals surface area contributed by atoms with Crippen LogP contribution in [0.5, 0.6) is 0 Å². The number of aliphatic hydroxyl groups excluding tert-OH is 1. The van der Waals surface area contributed by atoms with Crippen LogP contribution in [0.2, 0.25) is 0 Å². The van der Waals surface area contributed by atoms with Gasteiger partial charge in [-0.2, -0.15) is 0 Å². The Morgan fingerprint density at radius 2 is 2.19 bits per heavy atom. The van der Waals surface area contributed by atoms with Crippen LogP contribution >= 0.6 is 11.3 Å². The van der Waals surface area contributed by atoms with Crippen molar-refractivity contribution in [3.8, 4) is 11.8 Å². The van der Waals surface area contributed by atoms with Crippen molar-refractivity contribution in [3.05, 3.63) is 52.0 Å². The Morgan fingerprint density at radius 1 is 1.33 bits per heavy atom. The van der Waals surface area contributed by atoms with E-state index in [1.807, 2.05) is 11.4 Å². The van der Waals surface area contributed by atoms with Crippen molar-refractivity contribution in [2.75, 3.05) is 18.1 Å². The van der Waals surface area contributed by atoms with Crippen molar-refractivity contribution in [2.24, 2.45) is 0 Å². The number of anilines is 1. The normalized spacial score (nSPS) is 10.0. The average molecular weight is 303 g/mol. The highest BCUT2D eigenvalue weighted by atomic mass is 32.1. The van der Waals surface area contributed by atoms with Gasteiger partial charge < -0.3 is 10.0 Å². The first-order chi connectivity index (χ1) is 10.2. The molecule has 0 aliphatic rings. The van der Waals surface area contributed by atoms with E-state index in [-0.39, 0.29) is 12.4 Å². The molecule has 0 spiro atoms. The Morgan fingerprint density at radius 3 is 2.90 bits per heavy atom. The summed E-state index contributed by atoms with van der Waals surface area (Å²) in [5.74, 6) is 5.73. The van der Waals surface area contributed by atoms with E-state index in [1.165, 1.54) is 10.9 Å². The monoisotopic (exact) mass is 303 g/mol. The van der Waals surface area contributed by atoms with E-state index < -0.39 is 0 Å². The van der Waals surface area contributed by atoms with Gasteiger partial charge >= 0.3 is 0 Å². The van der Waals surface area contributed by atoms with Crippen LogP contribution in [-0.2, 0) is 6.54 Å². The van der Waals surface area contributed by atoms with Crippen LogP contribution in [-0.4, -0.2) is 18.3 Å². The molecular weight excluding hydrogens is 285 g/mol. The van der Waals surface area contributed by atoms with E-state index in [0.29, 0.717) is 6.42 Å². The SMILES string of the molecule is CCN(Cc1cc(C#CCCO)cs1)c1cccc(F)c1. The molecule has 1 aromatic carbocycles. The average Bonchev–Trinajstić information content (AvgIpc) is 2.92. The lowest BCUT2D eigenvalue weighted by Gasteiger charge is -2.22. The van der Waals surface area contributed by atoms with Gasteiger partial charge in [0.15, 0.2) is 0 Å². The van der Waals surface area contributed by atoms with Crippen LogP contribution in [0.4, 0.5) is 10.1 Å². The van der Waals surface area contributed by atoms with E-state index in [1.54, 1.807) is 23.5 Å². The van der Waals surface area contributed by atoms with Crippen LogP contribution in [0.15, 0.2) is 35.7 Å². The molecule has 1 aromatic heterocycles. The van der Waals surface area contributed by atoms with Gasteiger partial charge in [0, 0.05) is 34.5 Å². The van der Waals surface area contributed by atoms with E-state index >= 15 is 0 Å². The summed E-state index contributed by atoms with van der Waals surface area (Å²) >= 11 is 1.65. The summed E-state index contributed by atoms with van der Waals surface area (Å²) in [5.41, 5.74) is 1.86. The van der Waals surface area contributed by atoms with Gasteiger partial charge in [-0.1, -0.05) is 17.9 Å². The Balaban J connectivity index is 2.07. The van der Waals surface area contributed by atoms with Gasteiger partial charge in [-0.15, -0.1) is 11.3 Å². The second-order valence-corrected chi connectivity index (χ2v) is 5.57. The van der Waals surface area contributed by atoms with Gasteiger partial charge in [0.2, 0.25) is 0 Å². The summed E-state index contributed by atoms with van der Waals surface area (Å²) in [6.45, 7) is 3.70. The second-order valence-electron chi connectivity index (χ2n) is 4.57. The molecule has 0 saturated heterocycles. The van der Waals surface area contributed by atoms with Crippen molar-refractivity contribution in [1.29, 1.82) is 0 Å². The molecule has 0 aliphatic heterocycles. The van der Waals surface area contributed by atoms with Crippen LogP contribution < -0.4 is 4.90 Å². The summed E-state index contributed by atoms with van der Waals surface area (Å²) in [6.07, 6.45) is 0.496. The largest absolute Gasteiger partial charge is 0.395 e. The predicted octanol–water partition coefficient (Wildman–Crippen LogP) is 3.65. The number of nitrogens with zero attached hydrogens (tertiary/aromatic N) is 1. The quantitative estimate of drug-likeness (QED) is 0.852. The molecule has 110 valence electrons. The summed E-state index contributed by atoms with van der Waals surface area (Å²) < 4.78 is 13.3. The third-order valence-corrected chi connectivity index (χ3v) is 3.95. The topological polar surface area (TPSA) is 23.5 Å². The molecule has 2 rings (SSSR count). The first kappa shape index (κ1) is 15.6. The van der Waals surface area contributed by atoms with Crippen molar-refractivity contribution in [1.82, 2.24) is 0 Å². The maximum atomic E-state index is 13.3. The first-order valence-electron chi connectivity index (χ1n) is 6.90. The molecular formula is C17H18FNOS. The molecule has 2 aromatic rings. The third-order valence-electron chi connectivity index (χ3n) is 3.03. The molecule has 21 heavy (non-hydrogen) atoms. The highest BCUT2D eigenvalue weighted by Gasteiger charge is 2.08. The molecule has 0 unspecified atom stereocenters. The fourth-order valence-electron chi connectivity index (χ4n) is 2.00. The number of benzene rings is 1. The Hall–Kier alpha value is -1.83. The lowest BCUT2D eigenvalue weighted by Crippen LogP contribution is -2.21. The van der Waals surface area contributed by atoms with Crippen LogP contribution in [0.3, 0.4) is 0 Å². The number of hydrogen-bond acceptors (Lipinski definition) is 3. The molecule has 4 heteroatoms. The van der Waals surface area contributed by atoms with Gasteiger partial charge in [0.25, 0.3) is 0 Å². The highest BCUT2D eigenvalue weighted by molar-refractivity contribution is 7.10. The minimum atomic E-state index is -0.215. The Labute approximate surface area is 128 Å². The number of halogens is 1. The molecule has 2 nitrogen and oxygen atoms in total. The fraction of sp³-hybridized carbons (Fsp3) is 0.294. The van der Waals surface area contributed by atoms with Gasteiger partial charge in [0.05, 0.1) is 13.2 Å². The Kier molecular flexibility index (Phi) is 5.79. The molecule has 0 bridgehead atoms. The predicted molar refractivity (Wildman–Crippen MR) is 86.0 cm³/mol. The van der Waals surface area contributed by atoms with Gasteiger partial charge in [-0.25, -0.2) is 4.39 Å². The van der Waals surface area contributed by atoms with E-state index in [9.17, 15) is 4.39 Å². The molecule has 0 saturated carbocycles. The minimum absolute atomic E-state index is 0.0905. The van der Waals surface area contributed by atoms with Crippen molar-refractivity contribution in [3.63, 3.8) is 0 Å². The minimum Gasteiger partial charge on any atom is -0.395 e. The molecule has 0 fully saturated rings. The lowest BCUT2D eigenvalue weighted by molar-refractivity contribution is 0.305. The maximum absolute atomic E-state index is 13.3. The van der Waals surface area contributed by atoms with Crippen LogP contribution in [0.25, 0.3) is 0 Å². The van der Waals surface area contributed by atoms with Crippen molar-refractivity contribution in [2.45, 2.75) is 19.9 Å². The second kappa shape index (κ2) is 7.82. The van der Waals surface area contributed by atoms with Crippen molar-refractivity contribution < 1.29 is 9.50 Å². The van der Waals surface area contributed by atoms with Crippen molar-refractivity contribution >= 4 is 17.0 Å². The third kappa shape index (κ3) is 4.59. The first-order valence-corrected chi connectivity index (χ1v) is 7.78. The van der Waals surface area contributed by atoms with E-state index in [0.717, 1.165) is 24.3 Å². The number of aliphatic hydroxyl groups is 1. The zero-order valence-corrected chi connectivity index (χ0v) is 12.8. The maximum Gasteiger partial charge on any atom is 0.125 e. The molecule has 0 atom stereocenters. The zero-order valence-electron chi connectivity index (χ0n) is 12.0. The van der Waals surface area contributed by atoms with E-state index in [4.69, 9.17) is 5.11 Å². The standard InChI is InChI=1S/C17H18FNOS/c1-2-19(16-8-5-7-15(18)11-16)12-17-10-14(13-21-17)6-3-4-9-20/h5,7-8,10-11,13,20H,2,4,9,12H2,1H3. The zero-order chi connectivity index (χ0) is 15.1. The Bertz CT molecular complexity index is 641. The highest BCUT2D eigenvalue weighted by Crippen LogP contribution is 2.21. The van der Waals surface area contributed by atoms with Crippen LogP contribution in [0.1, 0.15) is 23.8 Å². The van der Waals surface area contributed by atoms with E-state index in [2.05, 4.69) is 29.7 Å². The van der Waals surface area contributed by atoms with Gasteiger partial charge in [-0.3, -0.25) is 0 Å². The molecule has 0 amide bonds.